The molecule has 0 amide bonds. The van der Waals surface area contributed by atoms with Gasteiger partial charge in [-0.3, -0.25) is 10.1 Å². The van der Waals surface area contributed by atoms with Crippen molar-refractivity contribution in [1.82, 2.24) is 0 Å². The number of non-ortho nitro benzene ring substituents is 1. The van der Waals surface area contributed by atoms with Gasteiger partial charge in [-0.25, -0.2) is 4.79 Å². The van der Waals surface area contributed by atoms with Gasteiger partial charge >= 0.3 is 5.97 Å². The molecule has 9 nitrogen and oxygen atoms in total. The lowest BCUT2D eigenvalue weighted by molar-refractivity contribution is -0.384. The average molecular weight is 407 g/mol. The highest BCUT2D eigenvalue weighted by atomic mass is 16.6. The van der Waals surface area contributed by atoms with Gasteiger partial charge < -0.3 is 14.6 Å². The number of nitrogens with zero attached hydrogens (tertiary/aromatic N) is 3. The summed E-state index contributed by atoms with van der Waals surface area (Å²) < 4.78 is 10.4. The smallest absolute Gasteiger partial charge is 0.343 e. The molecule has 0 aliphatic rings. The van der Waals surface area contributed by atoms with E-state index in [9.17, 15) is 20.0 Å². The predicted octanol–water partition coefficient (Wildman–Crippen LogP) is 4.95. The molecule has 1 N–H and O–H groups in total. The maximum atomic E-state index is 12.3. The second-order valence-corrected chi connectivity index (χ2v) is 6.10. The summed E-state index contributed by atoms with van der Waals surface area (Å²) in [5.74, 6) is 0.241. The Balaban J connectivity index is 1.60. The number of rotatable bonds is 7. The molecular weight excluding hydrogens is 390 g/mol. The minimum atomic E-state index is -0.936. The average Bonchev–Trinajstić information content (AvgIpc) is 2.74. The maximum absolute atomic E-state index is 12.3. The van der Waals surface area contributed by atoms with Crippen LogP contribution in [0.3, 0.4) is 0 Å². The molecule has 0 heterocycles. The standard InChI is InChI=1S/C21H17N3O6/c1-14(25)29-19-10-12-20(13-11-19)30-21(26)15-2-4-16(5-3-15)22-23-17-6-8-18(9-7-17)24(27)28/h2-14,25H,1H3/b23-22+. The minimum Gasteiger partial charge on any atom is -0.465 e. The van der Waals surface area contributed by atoms with Crippen LogP contribution in [0.2, 0.25) is 0 Å². The van der Waals surface area contributed by atoms with E-state index in [1.165, 1.54) is 31.2 Å². The summed E-state index contributed by atoms with van der Waals surface area (Å²) in [6.07, 6.45) is -0.936. The van der Waals surface area contributed by atoms with Crippen LogP contribution in [-0.4, -0.2) is 22.3 Å². The number of nitro groups is 1. The van der Waals surface area contributed by atoms with Crippen LogP contribution in [0.1, 0.15) is 17.3 Å². The SMILES string of the molecule is CC(O)Oc1ccc(OC(=O)c2ccc(/N=N/c3ccc([N+](=O)[O-])cc3)cc2)cc1. The van der Waals surface area contributed by atoms with Gasteiger partial charge in [-0.2, -0.15) is 10.2 Å². The molecule has 152 valence electrons. The number of aliphatic hydroxyl groups is 1. The summed E-state index contributed by atoms with van der Waals surface area (Å²) >= 11 is 0. The highest BCUT2D eigenvalue weighted by molar-refractivity contribution is 5.91. The second-order valence-electron chi connectivity index (χ2n) is 6.10. The van der Waals surface area contributed by atoms with Crippen LogP contribution in [0.4, 0.5) is 17.1 Å². The molecule has 3 aromatic carbocycles. The van der Waals surface area contributed by atoms with Crippen molar-refractivity contribution in [1.29, 1.82) is 0 Å². The van der Waals surface area contributed by atoms with Gasteiger partial charge in [-0.15, -0.1) is 0 Å². The Bertz CT molecular complexity index is 1050. The van der Waals surface area contributed by atoms with Crippen molar-refractivity contribution in [3.63, 3.8) is 0 Å². The number of carbonyl (C=O) groups excluding carboxylic acids is 1. The quantitative estimate of drug-likeness (QED) is 0.148. The lowest BCUT2D eigenvalue weighted by Crippen LogP contribution is -2.10. The van der Waals surface area contributed by atoms with Gasteiger partial charge in [0.05, 0.1) is 21.9 Å². The maximum Gasteiger partial charge on any atom is 0.343 e. The van der Waals surface area contributed by atoms with Gasteiger partial charge in [-0.1, -0.05) is 0 Å². The molecule has 0 aliphatic heterocycles. The first-order valence-electron chi connectivity index (χ1n) is 8.84. The van der Waals surface area contributed by atoms with Crippen LogP contribution in [0.25, 0.3) is 0 Å². The number of azo groups is 1. The molecule has 0 fully saturated rings. The summed E-state index contributed by atoms with van der Waals surface area (Å²) in [7, 11) is 0. The zero-order valence-electron chi connectivity index (χ0n) is 15.8. The van der Waals surface area contributed by atoms with E-state index in [1.54, 1.807) is 48.5 Å². The topological polar surface area (TPSA) is 124 Å². The lowest BCUT2D eigenvalue weighted by Gasteiger charge is -2.09. The third-order valence-corrected chi connectivity index (χ3v) is 3.79. The van der Waals surface area contributed by atoms with Crippen LogP contribution < -0.4 is 9.47 Å². The van der Waals surface area contributed by atoms with Gasteiger partial charge in [-0.05, 0) is 67.6 Å². The Morgan fingerprint density at radius 3 is 1.90 bits per heavy atom. The Morgan fingerprint density at radius 2 is 1.40 bits per heavy atom. The lowest BCUT2D eigenvalue weighted by atomic mass is 10.2. The van der Waals surface area contributed by atoms with Crippen molar-refractivity contribution in [3.05, 3.63) is 88.5 Å². The van der Waals surface area contributed by atoms with Crippen molar-refractivity contribution in [2.75, 3.05) is 0 Å². The normalized spacial score (nSPS) is 11.8. The molecule has 0 saturated heterocycles. The van der Waals surface area contributed by atoms with Gasteiger partial charge in [0.2, 0.25) is 0 Å². The van der Waals surface area contributed by atoms with Crippen molar-refractivity contribution in [2.45, 2.75) is 13.2 Å². The third-order valence-electron chi connectivity index (χ3n) is 3.79. The van der Waals surface area contributed by atoms with E-state index in [4.69, 9.17) is 9.47 Å². The Kier molecular flexibility index (Phi) is 6.46. The molecule has 0 aliphatic carbocycles. The number of hydrogen-bond donors (Lipinski definition) is 1. The van der Waals surface area contributed by atoms with E-state index < -0.39 is 17.2 Å². The fourth-order valence-electron chi connectivity index (χ4n) is 2.37. The largest absolute Gasteiger partial charge is 0.465 e. The van der Waals surface area contributed by atoms with Gasteiger partial charge in [0, 0.05) is 12.1 Å². The van der Waals surface area contributed by atoms with Crippen molar-refractivity contribution >= 4 is 23.0 Å². The van der Waals surface area contributed by atoms with Crippen LogP contribution in [0.5, 0.6) is 11.5 Å². The van der Waals surface area contributed by atoms with Crippen LogP contribution >= 0.6 is 0 Å². The third kappa shape index (κ3) is 5.69. The number of hydrogen-bond acceptors (Lipinski definition) is 8. The van der Waals surface area contributed by atoms with E-state index in [0.717, 1.165) is 0 Å². The van der Waals surface area contributed by atoms with E-state index in [-0.39, 0.29) is 5.69 Å². The number of aliphatic hydroxyl groups excluding tert-OH is 1. The first kappa shape index (κ1) is 20.6. The summed E-state index contributed by atoms with van der Waals surface area (Å²) in [5, 5.41) is 27.9. The molecule has 9 heteroatoms. The van der Waals surface area contributed by atoms with Crippen molar-refractivity contribution < 1.29 is 24.3 Å². The number of nitro benzene ring substituents is 1. The highest BCUT2D eigenvalue weighted by Gasteiger charge is 2.09. The number of benzene rings is 3. The first-order chi connectivity index (χ1) is 14.4. The molecule has 0 radical (unpaired) electrons. The zero-order valence-corrected chi connectivity index (χ0v) is 15.8. The fourth-order valence-corrected chi connectivity index (χ4v) is 2.37. The molecule has 1 atom stereocenters. The number of carbonyl (C=O) groups is 1. The first-order valence-corrected chi connectivity index (χ1v) is 8.84. The Morgan fingerprint density at radius 1 is 0.900 bits per heavy atom. The molecule has 3 rings (SSSR count). The van der Waals surface area contributed by atoms with Crippen LogP contribution in [-0.2, 0) is 0 Å². The van der Waals surface area contributed by atoms with E-state index in [0.29, 0.717) is 28.4 Å². The van der Waals surface area contributed by atoms with E-state index in [2.05, 4.69) is 10.2 Å². The summed E-state index contributed by atoms with van der Waals surface area (Å²) in [6, 6.07) is 18.3. The van der Waals surface area contributed by atoms with E-state index in [1.807, 2.05) is 0 Å². The number of esters is 1. The Labute approximate surface area is 171 Å². The summed E-state index contributed by atoms with van der Waals surface area (Å²) in [6.45, 7) is 1.49. The molecule has 0 saturated carbocycles. The summed E-state index contributed by atoms with van der Waals surface area (Å²) in [4.78, 5) is 22.4. The van der Waals surface area contributed by atoms with Gasteiger partial charge in [0.1, 0.15) is 11.5 Å². The molecule has 0 spiro atoms. The predicted molar refractivity (Wildman–Crippen MR) is 107 cm³/mol. The van der Waals surface area contributed by atoms with Gasteiger partial charge in [0.25, 0.3) is 5.69 Å². The molecule has 0 aromatic heterocycles. The van der Waals surface area contributed by atoms with Crippen molar-refractivity contribution in [3.8, 4) is 11.5 Å². The molecule has 0 bridgehead atoms. The van der Waals surface area contributed by atoms with Crippen LogP contribution in [0.15, 0.2) is 83.0 Å². The minimum absolute atomic E-state index is 0.0260. The molecule has 3 aromatic rings. The fraction of sp³-hybridized carbons (Fsp3) is 0.0952. The second kappa shape index (κ2) is 9.39. The molecule has 1 unspecified atom stereocenters. The zero-order chi connectivity index (χ0) is 21.5. The molecule has 30 heavy (non-hydrogen) atoms. The van der Waals surface area contributed by atoms with E-state index >= 15 is 0 Å². The summed E-state index contributed by atoms with van der Waals surface area (Å²) in [5.41, 5.74) is 1.27. The van der Waals surface area contributed by atoms with Gasteiger partial charge in [0.15, 0.2) is 6.29 Å². The monoisotopic (exact) mass is 407 g/mol. The van der Waals surface area contributed by atoms with Crippen molar-refractivity contribution in [2.24, 2.45) is 10.2 Å². The highest BCUT2D eigenvalue weighted by Crippen LogP contribution is 2.23. The molecular formula is C21H17N3O6. The number of ether oxygens (including phenoxy) is 2. The van der Waals surface area contributed by atoms with Crippen LogP contribution in [0, 0.1) is 10.1 Å². The Hall–Kier alpha value is -4.11.